The molecular formula is C22H18ClN3O3S. The predicted molar refractivity (Wildman–Crippen MR) is 118 cm³/mol. The standard InChI is InChI=1S/C22H18ClN3O3S/c1-29-16-9-6-14(7-10-16)12-26-21(20(22(27)28)24-25-26)30-13-15-8-11-19(23)18-5-3-2-4-17(15)18/h2-11H,12-13H2,1H3,(H,27,28). The van der Waals surface area contributed by atoms with E-state index in [1.54, 1.807) is 11.8 Å². The molecule has 6 nitrogen and oxygen atoms in total. The summed E-state index contributed by atoms with van der Waals surface area (Å²) in [7, 11) is 1.61. The van der Waals surface area contributed by atoms with Crippen molar-refractivity contribution < 1.29 is 14.6 Å². The molecule has 4 aromatic rings. The van der Waals surface area contributed by atoms with Crippen LogP contribution >= 0.6 is 23.4 Å². The van der Waals surface area contributed by atoms with Gasteiger partial charge >= 0.3 is 5.97 Å². The highest BCUT2D eigenvalue weighted by atomic mass is 35.5. The Bertz CT molecular complexity index is 1210. The van der Waals surface area contributed by atoms with Crippen molar-refractivity contribution in [1.82, 2.24) is 15.0 Å². The number of thioether (sulfide) groups is 1. The lowest BCUT2D eigenvalue weighted by Crippen LogP contribution is -2.05. The van der Waals surface area contributed by atoms with Gasteiger partial charge in [-0.3, -0.25) is 0 Å². The molecule has 0 aliphatic rings. The molecule has 0 unspecified atom stereocenters. The second-order valence-corrected chi connectivity index (χ2v) is 7.97. The van der Waals surface area contributed by atoms with E-state index in [1.807, 2.05) is 60.7 Å². The van der Waals surface area contributed by atoms with Crippen LogP contribution in [0.25, 0.3) is 10.8 Å². The van der Waals surface area contributed by atoms with Gasteiger partial charge < -0.3 is 9.84 Å². The van der Waals surface area contributed by atoms with E-state index >= 15 is 0 Å². The molecule has 30 heavy (non-hydrogen) atoms. The summed E-state index contributed by atoms with van der Waals surface area (Å²) in [5, 5.41) is 20.7. The minimum Gasteiger partial charge on any atom is -0.497 e. The largest absolute Gasteiger partial charge is 0.497 e. The van der Waals surface area contributed by atoms with E-state index in [2.05, 4.69) is 10.3 Å². The molecule has 0 aliphatic heterocycles. The first kappa shape index (κ1) is 20.3. The van der Waals surface area contributed by atoms with E-state index in [4.69, 9.17) is 16.3 Å². The monoisotopic (exact) mass is 439 g/mol. The maximum atomic E-state index is 11.7. The van der Waals surface area contributed by atoms with Crippen LogP contribution in [0, 0.1) is 0 Å². The third-order valence-corrected chi connectivity index (χ3v) is 6.17. The molecule has 0 fully saturated rings. The first-order chi connectivity index (χ1) is 14.6. The van der Waals surface area contributed by atoms with E-state index in [1.165, 1.54) is 11.8 Å². The molecule has 0 saturated heterocycles. The smallest absolute Gasteiger partial charge is 0.359 e. The Morgan fingerprint density at radius 3 is 2.53 bits per heavy atom. The first-order valence-electron chi connectivity index (χ1n) is 9.15. The molecule has 0 atom stereocenters. The highest BCUT2D eigenvalue weighted by Crippen LogP contribution is 2.32. The number of hydrogen-bond donors (Lipinski definition) is 1. The third-order valence-electron chi connectivity index (χ3n) is 4.71. The van der Waals surface area contributed by atoms with Crippen LogP contribution in [0.1, 0.15) is 21.6 Å². The quantitative estimate of drug-likeness (QED) is 0.402. The second-order valence-electron chi connectivity index (χ2n) is 6.59. The van der Waals surface area contributed by atoms with Crippen molar-refractivity contribution in [3.8, 4) is 5.75 Å². The summed E-state index contributed by atoms with van der Waals surface area (Å²) in [5.41, 5.74) is 1.98. The molecular weight excluding hydrogens is 422 g/mol. The normalized spacial score (nSPS) is 11.0. The summed E-state index contributed by atoms with van der Waals surface area (Å²) < 4.78 is 6.80. The number of hydrogen-bond acceptors (Lipinski definition) is 5. The third kappa shape index (κ3) is 4.13. The fraction of sp³-hybridized carbons (Fsp3) is 0.136. The highest BCUT2D eigenvalue weighted by Gasteiger charge is 2.20. The predicted octanol–water partition coefficient (Wildman–Crippen LogP) is 5.13. The number of carboxylic acid groups (broad SMARTS) is 1. The number of halogens is 1. The van der Waals surface area contributed by atoms with Crippen molar-refractivity contribution in [2.24, 2.45) is 0 Å². The van der Waals surface area contributed by atoms with Gasteiger partial charge in [-0.2, -0.15) is 0 Å². The van der Waals surface area contributed by atoms with E-state index in [0.717, 1.165) is 27.6 Å². The molecule has 1 heterocycles. The van der Waals surface area contributed by atoms with Gasteiger partial charge in [0.25, 0.3) is 0 Å². The van der Waals surface area contributed by atoms with Gasteiger partial charge in [-0.1, -0.05) is 71.0 Å². The zero-order chi connectivity index (χ0) is 21.1. The molecule has 3 aromatic carbocycles. The Balaban J connectivity index is 1.63. The van der Waals surface area contributed by atoms with Crippen molar-refractivity contribution in [3.05, 3.63) is 82.5 Å². The second kappa shape index (κ2) is 8.77. The zero-order valence-electron chi connectivity index (χ0n) is 16.1. The zero-order valence-corrected chi connectivity index (χ0v) is 17.7. The Kier molecular flexibility index (Phi) is 5.92. The minimum absolute atomic E-state index is 0.0493. The molecule has 152 valence electrons. The Labute approximate surface area is 182 Å². The van der Waals surface area contributed by atoms with Crippen LogP contribution in [0.3, 0.4) is 0 Å². The molecule has 4 rings (SSSR count). The van der Waals surface area contributed by atoms with Gasteiger partial charge in [0.15, 0.2) is 0 Å². The van der Waals surface area contributed by atoms with Crippen LogP contribution < -0.4 is 4.74 Å². The average Bonchev–Trinajstić information content (AvgIpc) is 3.17. The number of ether oxygens (including phenoxy) is 1. The van der Waals surface area contributed by atoms with E-state index in [-0.39, 0.29) is 5.69 Å². The van der Waals surface area contributed by atoms with Gasteiger partial charge in [-0.15, -0.1) is 5.10 Å². The number of aromatic carboxylic acids is 1. The maximum Gasteiger partial charge on any atom is 0.359 e. The van der Waals surface area contributed by atoms with Gasteiger partial charge in [0.2, 0.25) is 5.69 Å². The summed E-state index contributed by atoms with van der Waals surface area (Å²) >= 11 is 7.71. The van der Waals surface area contributed by atoms with Gasteiger partial charge in [-0.25, -0.2) is 9.48 Å². The first-order valence-corrected chi connectivity index (χ1v) is 10.5. The van der Waals surface area contributed by atoms with Crippen LogP contribution in [0.4, 0.5) is 0 Å². The van der Waals surface area contributed by atoms with E-state index in [9.17, 15) is 9.90 Å². The summed E-state index contributed by atoms with van der Waals surface area (Å²) in [6.45, 7) is 0.411. The lowest BCUT2D eigenvalue weighted by atomic mass is 10.1. The van der Waals surface area contributed by atoms with Crippen LogP contribution in [-0.4, -0.2) is 33.2 Å². The van der Waals surface area contributed by atoms with Crippen molar-refractivity contribution in [1.29, 1.82) is 0 Å². The maximum absolute atomic E-state index is 11.7. The molecule has 0 radical (unpaired) electrons. The van der Waals surface area contributed by atoms with Crippen LogP contribution in [-0.2, 0) is 12.3 Å². The van der Waals surface area contributed by atoms with Crippen LogP contribution in [0.15, 0.2) is 65.7 Å². The number of aromatic nitrogens is 3. The number of fused-ring (bicyclic) bond motifs is 1. The molecule has 0 saturated carbocycles. The molecule has 1 aromatic heterocycles. The summed E-state index contributed by atoms with van der Waals surface area (Å²) in [4.78, 5) is 11.7. The summed E-state index contributed by atoms with van der Waals surface area (Å²) in [6, 6.07) is 19.3. The highest BCUT2D eigenvalue weighted by molar-refractivity contribution is 7.98. The van der Waals surface area contributed by atoms with Gasteiger partial charge in [-0.05, 0) is 34.7 Å². The number of rotatable bonds is 7. The number of nitrogens with zero attached hydrogens (tertiary/aromatic N) is 3. The fourth-order valence-electron chi connectivity index (χ4n) is 3.19. The van der Waals surface area contributed by atoms with Crippen LogP contribution in [0.5, 0.6) is 5.75 Å². The van der Waals surface area contributed by atoms with Crippen molar-refractivity contribution in [2.45, 2.75) is 17.3 Å². The van der Waals surface area contributed by atoms with Gasteiger partial charge in [0.1, 0.15) is 10.8 Å². The van der Waals surface area contributed by atoms with Crippen molar-refractivity contribution >= 4 is 40.1 Å². The average molecular weight is 440 g/mol. The molecule has 0 spiro atoms. The lowest BCUT2D eigenvalue weighted by Gasteiger charge is -2.10. The summed E-state index contributed by atoms with van der Waals surface area (Å²) in [5.74, 6) is 0.223. The number of methoxy groups -OCH3 is 1. The van der Waals surface area contributed by atoms with E-state index in [0.29, 0.717) is 22.3 Å². The molecule has 8 heteroatoms. The van der Waals surface area contributed by atoms with E-state index < -0.39 is 5.97 Å². The Morgan fingerprint density at radius 1 is 1.10 bits per heavy atom. The Hall–Kier alpha value is -3.03. The lowest BCUT2D eigenvalue weighted by molar-refractivity contribution is 0.0686. The number of carbonyl (C=O) groups is 1. The number of carboxylic acids is 1. The molecule has 0 amide bonds. The van der Waals surface area contributed by atoms with Crippen LogP contribution in [0.2, 0.25) is 5.02 Å². The Morgan fingerprint density at radius 2 is 1.83 bits per heavy atom. The summed E-state index contributed by atoms with van der Waals surface area (Å²) in [6.07, 6.45) is 0. The van der Waals surface area contributed by atoms with Gasteiger partial charge in [0, 0.05) is 16.2 Å². The number of benzene rings is 3. The fourth-order valence-corrected chi connectivity index (χ4v) is 4.47. The minimum atomic E-state index is -1.10. The van der Waals surface area contributed by atoms with Crippen molar-refractivity contribution in [2.75, 3.05) is 7.11 Å². The van der Waals surface area contributed by atoms with Crippen molar-refractivity contribution in [3.63, 3.8) is 0 Å². The SMILES string of the molecule is COc1ccc(Cn2nnc(C(=O)O)c2SCc2ccc(Cl)c3ccccc23)cc1. The molecule has 0 aliphatic carbocycles. The molecule has 0 bridgehead atoms. The molecule has 1 N–H and O–H groups in total. The topological polar surface area (TPSA) is 77.2 Å². The van der Waals surface area contributed by atoms with Gasteiger partial charge in [0.05, 0.1) is 13.7 Å².